The van der Waals surface area contributed by atoms with E-state index in [2.05, 4.69) is 5.32 Å². The maximum absolute atomic E-state index is 14.5. The van der Waals surface area contributed by atoms with Crippen molar-refractivity contribution in [2.45, 2.75) is 38.5 Å². The number of aryl methyl sites for hydroxylation is 1. The second-order valence-corrected chi connectivity index (χ2v) is 9.19. The Morgan fingerprint density at radius 1 is 1.17 bits per heavy atom. The zero-order chi connectivity index (χ0) is 25.1. The lowest BCUT2D eigenvalue weighted by atomic mass is 10.0. The Labute approximate surface area is 209 Å². The number of carbonyl (C=O) groups excluding carboxylic acids is 2. The largest absolute Gasteiger partial charge is 0.376 e. The minimum Gasteiger partial charge on any atom is -0.376 e. The van der Waals surface area contributed by atoms with Crippen molar-refractivity contribution in [2.24, 2.45) is 7.05 Å². The van der Waals surface area contributed by atoms with Gasteiger partial charge < -0.3 is 19.9 Å². The fourth-order valence-corrected chi connectivity index (χ4v) is 4.91. The number of aromatic nitrogens is 2. The number of hydrogen-bond donors (Lipinski definition) is 1. The Hall–Kier alpha value is -3.72. The molecule has 1 saturated heterocycles. The lowest BCUT2D eigenvalue weighted by Gasteiger charge is -2.29. The summed E-state index contributed by atoms with van der Waals surface area (Å²) in [6.45, 7) is 2.38. The average Bonchev–Trinajstić information content (AvgIpc) is 3.54. The highest BCUT2D eigenvalue weighted by Crippen LogP contribution is 2.27. The van der Waals surface area contributed by atoms with Crippen LogP contribution in [-0.4, -0.2) is 52.4 Å². The van der Waals surface area contributed by atoms with E-state index in [9.17, 15) is 14.0 Å². The van der Waals surface area contributed by atoms with Crippen LogP contribution in [0.4, 0.5) is 14.9 Å². The fourth-order valence-electron chi connectivity index (χ4n) is 4.91. The van der Waals surface area contributed by atoms with Crippen molar-refractivity contribution in [3.8, 4) is 0 Å². The predicted octanol–water partition coefficient (Wildman–Crippen LogP) is 3.65. The molecule has 5 rings (SSSR count). The Balaban J connectivity index is 1.38. The summed E-state index contributed by atoms with van der Waals surface area (Å²) in [5.74, 6) is -1.01. The maximum atomic E-state index is 14.5. The highest BCUT2D eigenvalue weighted by Gasteiger charge is 2.30. The number of benzene rings is 2. The summed E-state index contributed by atoms with van der Waals surface area (Å²) in [7, 11) is 1.88. The van der Waals surface area contributed by atoms with Crippen LogP contribution in [0, 0.1) is 5.82 Å². The van der Waals surface area contributed by atoms with E-state index in [4.69, 9.17) is 9.84 Å². The number of fused-ring (bicyclic) bond motifs is 1. The first-order valence-corrected chi connectivity index (χ1v) is 12.3. The molecular weight excluding hydrogens is 461 g/mol. The summed E-state index contributed by atoms with van der Waals surface area (Å²) in [4.78, 5) is 29.7. The first-order chi connectivity index (χ1) is 17.5. The van der Waals surface area contributed by atoms with Crippen LogP contribution in [0.15, 0.2) is 54.6 Å². The molecule has 1 atom stereocenters. The highest BCUT2D eigenvalue weighted by atomic mass is 19.1. The number of ether oxygens (including phenoxy) is 1. The number of urea groups is 1. The molecule has 0 bridgehead atoms. The number of amides is 3. The normalized spacial score (nSPS) is 17.1. The van der Waals surface area contributed by atoms with Gasteiger partial charge in [-0.2, -0.15) is 5.10 Å². The topological polar surface area (TPSA) is 79.7 Å². The van der Waals surface area contributed by atoms with E-state index in [1.165, 1.54) is 17.0 Å². The summed E-state index contributed by atoms with van der Waals surface area (Å²) in [6.07, 6.45) is 2.73. The van der Waals surface area contributed by atoms with E-state index in [1.807, 2.05) is 42.1 Å². The van der Waals surface area contributed by atoms with Gasteiger partial charge in [-0.25, -0.2) is 9.18 Å². The molecule has 2 aromatic carbocycles. The molecule has 188 valence electrons. The molecule has 9 heteroatoms. The van der Waals surface area contributed by atoms with Gasteiger partial charge in [-0.05, 0) is 37.1 Å². The van der Waals surface area contributed by atoms with Gasteiger partial charge in [0.25, 0.3) is 5.91 Å². The van der Waals surface area contributed by atoms with E-state index in [1.54, 1.807) is 17.0 Å². The molecule has 3 heterocycles. The number of rotatable bonds is 6. The van der Waals surface area contributed by atoms with Gasteiger partial charge >= 0.3 is 6.03 Å². The van der Waals surface area contributed by atoms with Crippen LogP contribution in [0.25, 0.3) is 0 Å². The van der Waals surface area contributed by atoms with Crippen molar-refractivity contribution in [3.05, 3.63) is 82.9 Å². The maximum Gasteiger partial charge on any atom is 0.317 e. The van der Waals surface area contributed by atoms with E-state index >= 15 is 0 Å². The fraction of sp³-hybridized carbons (Fsp3) is 0.370. The first-order valence-electron chi connectivity index (χ1n) is 12.3. The zero-order valence-corrected chi connectivity index (χ0v) is 20.3. The molecule has 36 heavy (non-hydrogen) atoms. The Morgan fingerprint density at radius 3 is 2.69 bits per heavy atom. The van der Waals surface area contributed by atoms with Crippen molar-refractivity contribution in [1.82, 2.24) is 20.0 Å². The number of nitrogens with one attached hydrogen (secondary N) is 1. The monoisotopic (exact) mass is 491 g/mol. The standard InChI is InChI=1S/C27H30FN5O3/c1-31-25-13-14-32(27(35)29-16-20-10-7-15-36-20)17-22(25)24(30-31)18-33(19-8-3-2-4-9-19)26(34)21-11-5-6-12-23(21)28/h2-6,8-9,11-12,20H,7,10,13-18H2,1H3,(H,29,35)/t20-/m0/s1. The van der Waals surface area contributed by atoms with Crippen LogP contribution in [0.1, 0.15) is 40.2 Å². The molecule has 1 aromatic heterocycles. The molecule has 1 fully saturated rings. The molecule has 0 radical (unpaired) electrons. The number of para-hydroxylation sites is 1. The molecule has 0 saturated carbocycles. The lowest BCUT2D eigenvalue weighted by Crippen LogP contribution is -2.45. The van der Waals surface area contributed by atoms with Gasteiger partial charge in [-0.15, -0.1) is 0 Å². The minimum absolute atomic E-state index is 0.00119. The van der Waals surface area contributed by atoms with Gasteiger partial charge in [-0.1, -0.05) is 30.3 Å². The third kappa shape index (κ3) is 4.97. The van der Waals surface area contributed by atoms with Crippen molar-refractivity contribution in [2.75, 3.05) is 24.6 Å². The van der Waals surface area contributed by atoms with Gasteiger partial charge in [0.1, 0.15) is 5.82 Å². The second kappa shape index (κ2) is 10.5. The van der Waals surface area contributed by atoms with Crippen molar-refractivity contribution in [1.29, 1.82) is 0 Å². The summed E-state index contributed by atoms with van der Waals surface area (Å²) < 4.78 is 22.0. The highest BCUT2D eigenvalue weighted by molar-refractivity contribution is 6.06. The molecule has 3 amide bonds. The van der Waals surface area contributed by atoms with Gasteiger partial charge in [0, 0.05) is 50.1 Å². The molecule has 3 aromatic rings. The van der Waals surface area contributed by atoms with Crippen molar-refractivity contribution < 1.29 is 18.7 Å². The molecule has 2 aliphatic heterocycles. The van der Waals surface area contributed by atoms with Gasteiger partial charge in [0.05, 0.1) is 30.5 Å². The number of hydrogen-bond acceptors (Lipinski definition) is 4. The molecule has 0 unspecified atom stereocenters. The number of carbonyl (C=O) groups is 2. The average molecular weight is 492 g/mol. The van der Waals surface area contributed by atoms with E-state index in [-0.39, 0.29) is 24.2 Å². The number of nitrogens with zero attached hydrogens (tertiary/aromatic N) is 4. The van der Waals surface area contributed by atoms with Gasteiger partial charge in [0.2, 0.25) is 0 Å². The third-order valence-electron chi connectivity index (χ3n) is 6.84. The van der Waals surface area contributed by atoms with Crippen LogP contribution in [0.2, 0.25) is 0 Å². The molecule has 8 nitrogen and oxygen atoms in total. The molecule has 0 spiro atoms. The van der Waals surface area contributed by atoms with Crippen molar-refractivity contribution >= 4 is 17.6 Å². The molecule has 2 aliphatic rings. The summed E-state index contributed by atoms with van der Waals surface area (Å²) >= 11 is 0. The van der Waals surface area contributed by atoms with Crippen molar-refractivity contribution in [3.63, 3.8) is 0 Å². The smallest absolute Gasteiger partial charge is 0.317 e. The van der Waals surface area contributed by atoms with Crippen LogP contribution in [-0.2, 0) is 31.3 Å². The first kappa shape index (κ1) is 24.0. The SMILES string of the molecule is Cn1nc(CN(C(=O)c2ccccc2F)c2ccccc2)c2c1CCN(C(=O)NC[C@@H]1CCCO1)C2. The second-order valence-electron chi connectivity index (χ2n) is 9.19. The summed E-state index contributed by atoms with van der Waals surface area (Å²) in [5, 5.41) is 7.70. The van der Waals surface area contributed by atoms with Crippen LogP contribution >= 0.6 is 0 Å². The quantitative estimate of drug-likeness (QED) is 0.571. The lowest BCUT2D eigenvalue weighted by molar-refractivity contribution is 0.0980. The van der Waals surface area contributed by atoms with Crippen LogP contribution in [0.3, 0.4) is 0 Å². The molecule has 1 N–H and O–H groups in total. The minimum atomic E-state index is -0.569. The van der Waals surface area contributed by atoms with Gasteiger partial charge in [0.15, 0.2) is 0 Å². The number of halogens is 1. The van der Waals surface area contributed by atoms with E-state index in [0.717, 1.165) is 30.7 Å². The molecule has 0 aliphatic carbocycles. The third-order valence-corrected chi connectivity index (χ3v) is 6.84. The molecular formula is C27H30FN5O3. The zero-order valence-electron chi connectivity index (χ0n) is 20.3. The van der Waals surface area contributed by atoms with E-state index < -0.39 is 11.7 Å². The number of anilines is 1. The van der Waals surface area contributed by atoms with Crippen LogP contribution in [0.5, 0.6) is 0 Å². The Kier molecular flexibility index (Phi) is 6.99. The summed E-state index contributed by atoms with van der Waals surface area (Å²) in [6, 6.07) is 15.0. The van der Waals surface area contributed by atoms with Crippen LogP contribution < -0.4 is 10.2 Å². The Morgan fingerprint density at radius 2 is 1.94 bits per heavy atom. The Bertz CT molecular complexity index is 1240. The van der Waals surface area contributed by atoms with Gasteiger partial charge in [-0.3, -0.25) is 9.48 Å². The van der Waals surface area contributed by atoms with E-state index in [0.29, 0.717) is 37.4 Å². The summed E-state index contributed by atoms with van der Waals surface area (Å²) in [5.41, 5.74) is 3.31. The predicted molar refractivity (Wildman–Crippen MR) is 133 cm³/mol.